The van der Waals surface area contributed by atoms with Gasteiger partial charge in [0.05, 0.1) is 26.4 Å². The molecule has 104 valence electrons. The number of ketones is 1. The minimum absolute atomic E-state index is 0.0487. The van der Waals surface area contributed by atoms with Crippen molar-refractivity contribution in [3.8, 4) is 11.5 Å². The lowest BCUT2D eigenvalue weighted by atomic mass is 10.1. The lowest BCUT2D eigenvalue weighted by Crippen LogP contribution is -2.31. The largest absolute Gasteiger partial charge is 0.495 e. The molecular weight excluding hydrogens is 332 g/mol. The second kappa shape index (κ2) is 6.63. The third-order valence-electron chi connectivity index (χ3n) is 2.86. The van der Waals surface area contributed by atoms with Crippen LogP contribution in [0.25, 0.3) is 0 Å². The first-order valence-corrected chi connectivity index (χ1v) is 7.77. The van der Waals surface area contributed by atoms with Crippen LogP contribution in [0.3, 0.4) is 0 Å². The molecule has 4 nitrogen and oxygen atoms in total. The Labute approximate surface area is 124 Å². The molecule has 1 saturated heterocycles. The standard InChI is InChI=1S/C13H15BrO4S/c1-16-9-4-3-8(13(17-2)11(9)14)12(15)10-7-19-6-5-18-10/h3-4,10H,5-7H2,1-2H3. The second-order valence-electron chi connectivity index (χ2n) is 3.96. The van der Waals surface area contributed by atoms with E-state index in [0.717, 1.165) is 5.75 Å². The first-order chi connectivity index (χ1) is 9.19. The van der Waals surface area contributed by atoms with Gasteiger partial charge in [0.25, 0.3) is 0 Å². The van der Waals surface area contributed by atoms with Crippen LogP contribution in [-0.2, 0) is 4.74 Å². The maximum absolute atomic E-state index is 12.5. The number of carbonyl (C=O) groups is 1. The first-order valence-electron chi connectivity index (χ1n) is 5.83. The van der Waals surface area contributed by atoms with E-state index in [4.69, 9.17) is 14.2 Å². The molecule has 1 aliphatic heterocycles. The highest BCUT2D eigenvalue weighted by molar-refractivity contribution is 9.10. The fraction of sp³-hybridized carbons (Fsp3) is 0.462. The molecule has 1 unspecified atom stereocenters. The molecule has 19 heavy (non-hydrogen) atoms. The van der Waals surface area contributed by atoms with Gasteiger partial charge in [-0.1, -0.05) is 0 Å². The minimum atomic E-state index is -0.395. The molecule has 0 saturated carbocycles. The Morgan fingerprint density at radius 2 is 2.21 bits per heavy atom. The molecular formula is C13H15BrO4S. The van der Waals surface area contributed by atoms with Crippen molar-refractivity contribution in [2.45, 2.75) is 6.10 Å². The molecule has 1 aromatic carbocycles. The monoisotopic (exact) mass is 346 g/mol. The maximum atomic E-state index is 12.5. The van der Waals surface area contributed by atoms with Gasteiger partial charge in [-0.05, 0) is 28.1 Å². The molecule has 0 amide bonds. The average molecular weight is 347 g/mol. The molecule has 0 N–H and O–H groups in total. The van der Waals surface area contributed by atoms with Crippen molar-refractivity contribution < 1.29 is 19.0 Å². The van der Waals surface area contributed by atoms with Crippen LogP contribution in [-0.4, -0.2) is 44.2 Å². The second-order valence-corrected chi connectivity index (χ2v) is 5.90. The Bertz CT molecular complexity index is 472. The van der Waals surface area contributed by atoms with Gasteiger partial charge in [-0.25, -0.2) is 0 Å². The zero-order valence-electron chi connectivity index (χ0n) is 10.8. The van der Waals surface area contributed by atoms with Crippen molar-refractivity contribution in [1.29, 1.82) is 0 Å². The third-order valence-corrected chi connectivity index (χ3v) is 4.60. The van der Waals surface area contributed by atoms with Crippen molar-refractivity contribution in [2.75, 3.05) is 32.3 Å². The maximum Gasteiger partial charge on any atom is 0.196 e. The molecule has 6 heteroatoms. The number of hydrogen-bond acceptors (Lipinski definition) is 5. The summed E-state index contributed by atoms with van der Waals surface area (Å²) in [7, 11) is 3.11. The number of thioether (sulfide) groups is 1. The quantitative estimate of drug-likeness (QED) is 0.784. The molecule has 0 aliphatic carbocycles. The Morgan fingerprint density at radius 1 is 1.42 bits per heavy atom. The summed E-state index contributed by atoms with van der Waals surface area (Å²) in [5.74, 6) is 2.70. The van der Waals surface area contributed by atoms with Crippen molar-refractivity contribution in [2.24, 2.45) is 0 Å². The topological polar surface area (TPSA) is 44.8 Å². The normalized spacial score (nSPS) is 19.0. The zero-order chi connectivity index (χ0) is 13.8. The highest BCUT2D eigenvalue weighted by Crippen LogP contribution is 2.38. The molecule has 1 heterocycles. The SMILES string of the molecule is COc1ccc(C(=O)C2CSCCO2)c(OC)c1Br. The Kier molecular flexibility index (Phi) is 5.13. The first kappa shape index (κ1) is 14.7. The predicted octanol–water partition coefficient (Wildman–Crippen LogP) is 2.78. The van der Waals surface area contributed by atoms with E-state index in [0.29, 0.717) is 33.9 Å². The van der Waals surface area contributed by atoms with E-state index >= 15 is 0 Å². The van der Waals surface area contributed by atoms with Gasteiger partial charge in [0.15, 0.2) is 5.78 Å². The fourth-order valence-electron chi connectivity index (χ4n) is 1.90. The van der Waals surface area contributed by atoms with Crippen molar-refractivity contribution in [3.05, 3.63) is 22.2 Å². The van der Waals surface area contributed by atoms with Gasteiger partial charge in [-0.15, -0.1) is 0 Å². The van der Waals surface area contributed by atoms with Gasteiger partial charge < -0.3 is 14.2 Å². The number of benzene rings is 1. The summed E-state index contributed by atoms with van der Waals surface area (Å²) in [6.07, 6.45) is -0.395. The summed E-state index contributed by atoms with van der Waals surface area (Å²) in [5.41, 5.74) is 0.516. The molecule has 2 rings (SSSR count). The van der Waals surface area contributed by atoms with Crippen LogP contribution in [0.1, 0.15) is 10.4 Å². The highest BCUT2D eigenvalue weighted by atomic mass is 79.9. The molecule has 0 bridgehead atoms. The molecule has 1 fully saturated rings. The van der Waals surface area contributed by atoms with Gasteiger partial charge in [0.2, 0.25) is 0 Å². The molecule has 1 aromatic rings. The molecule has 1 atom stereocenters. The average Bonchev–Trinajstić information content (AvgIpc) is 2.47. The third kappa shape index (κ3) is 3.07. The van der Waals surface area contributed by atoms with Gasteiger partial charge in [-0.2, -0.15) is 11.8 Å². The van der Waals surface area contributed by atoms with Gasteiger partial charge in [0, 0.05) is 11.5 Å². The van der Waals surface area contributed by atoms with E-state index < -0.39 is 6.10 Å². The van der Waals surface area contributed by atoms with Gasteiger partial charge >= 0.3 is 0 Å². The van der Waals surface area contributed by atoms with Crippen LogP contribution in [0.15, 0.2) is 16.6 Å². The summed E-state index contributed by atoms with van der Waals surface area (Å²) in [6, 6.07) is 3.46. The highest BCUT2D eigenvalue weighted by Gasteiger charge is 2.27. The van der Waals surface area contributed by atoms with Crippen molar-refractivity contribution in [1.82, 2.24) is 0 Å². The van der Waals surface area contributed by atoms with Crippen LogP contribution < -0.4 is 9.47 Å². The number of carbonyl (C=O) groups excluding carboxylic acids is 1. The van der Waals surface area contributed by atoms with E-state index in [-0.39, 0.29) is 5.78 Å². The number of hydrogen-bond donors (Lipinski definition) is 0. The van der Waals surface area contributed by atoms with E-state index in [2.05, 4.69) is 15.9 Å². The Morgan fingerprint density at radius 3 is 2.79 bits per heavy atom. The molecule has 1 aliphatic rings. The lowest BCUT2D eigenvalue weighted by molar-refractivity contribution is 0.0516. The number of halogens is 1. The van der Waals surface area contributed by atoms with E-state index in [9.17, 15) is 4.79 Å². The Balaban J connectivity index is 2.33. The summed E-state index contributed by atoms with van der Waals surface area (Å²) < 4.78 is 16.7. The lowest BCUT2D eigenvalue weighted by Gasteiger charge is -2.22. The van der Waals surface area contributed by atoms with Crippen LogP contribution in [0, 0.1) is 0 Å². The van der Waals surface area contributed by atoms with Crippen molar-refractivity contribution in [3.63, 3.8) is 0 Å². The molecule has 0 radical (unpaired) electrons. The van der Waals surface area contributed by atoms with Crippen molar-refractivity contribution >= 4 is 33.5 Å². The minimum Gasteiger partial charge on any atom is -0.495 e. The number of Topliss-reactive ketones (excluding diaryl/α,β-unsaturated/α-hetero) is 1. The molecule has 0 spiro atoms. The summed E-state index contributed by atoms with van der Waals surface area (Å²) in [4.78, 5) is 12.5. The van der Waals surface area contributed by atoms with Gasteiger partial charge in [-0.3, -0.25) is 4.79 Å². The fourth-order valence-corrected chi connectivity index (χ4v) is 3.41. The number of rotatable bonds is 4. The van der Waals surface area contributed by atoms with Gasteiger partial charge in [0.1, 0.15) is 22.1 Å². The summed E-state index contributed by atoms with van der Waals surface area (Å²) in [5, 5.41) is 0. The van der Waals surface area contributed by atoms with Crippen LogP contribution in [0.5, 0.6) is 11.5 Å². The Hall–Kier alpha value is -0.720. The van der Waals surface area contributed by atoms with Crippen LogP contribution in [0.2, 0.25) is 0 Å². The predicted molar refractivity (Wildman–Crippen MR) is 78.6 cm³/mol. The van der Waals surface area contributed by atoms with E-state index in [1.165, 1.54) is 7.11 Å². The number of ether oxygens (including phenoxy) is 3. The summed E-state index contributed by atoms with van der Waals surface area (Å²) in [6.45, 7) is 0.612. The van der Waals surface area contributed by atoms with Crippen LogP contribution in [0.4, 0.5) is 0 Å². The zero-order valence-corrected chi connectivity index (χ0v) is 13.2. The van der Waals surface area contributed by atoms with E-state index in [1.807, 2.05) is 0 Å². The van der Waals surface area contributed by atoms with Crippen LogP contribution >= 0.6 is 27.7 Å². The summed E-state index contributed by atoms with van der Waals surface area (Å²) >= 11 is 5.12. The number of methoxy groups -OCH3 is 2. The van der Waals surface area contributed by atoms with E-state index in [1.54, 1.807) is 31.0 Å². The smallest absolute Gasteiger partial charge is 0.196 e. The molecule has 0 aromatic heterocycles.